The van der Waals surface area contributed by atoms with Gasteiger partial charge in [0, 0.05) is 12.1 Å². The molecule has 3 heteroatoms. The molecule has 3 nitrogen and oxygen atoms in total. The third kappa shape index (κ3) is 1.69. The molecule has 84 valence electrons. The van der Waals surface area contributed by atoms with Crippen molar-refractivity contribution in [3.8, 4) is 11.4 Å². The van der Waals surface area contributed by atoms with Crippen LogP contribution in [0, 0.1) is 0 Å². The van der Waals surface area contributed by atoms with E-state index in [1.165, 1.54) is 10.8 Å². The number of aromatic nitrogens is 3. The Morgan fingerprint density at radius 2 is 1.88 bits per heavy atom. The summed E-state index contributed by atoms with van der Waals surface area (Å²) < 4.78 is 2.05. The zero-order chi connectivity index (χ0) is 11.7. The average Bonchev–Trinajstić information content (AvgIpc) is 2.86. The molecule has 0 atom stereocenters. The van der Waals surface area contributed by atoms with Crippen molar-refractivity contribution >= 4 is 10.8 Å². The van der Waals surface area contributed by atoms with Crippen LogP contribution < -0.4 is 0 Å². The third-order valence-corrected chi connectivity index (χ3v) is 2.96. The topological polar surface area (TPSA) is 30.7 Å². The minimum absolute atomic E-state index is 0.884. The van der Waals surface area contributed by atoms with E-state index >= 15 is 0 Å². The fourth-order valence-corrected chi connectivity index (χ4v) is 2.04. The van der Waals surface area contributed by atoms with E-state index in [0.29, 0.717) is 0 Å². The van der Waals surface area contributed by atoms with Crippen LogP contribution in [0.2, 0.25) is 0 Å². The van der Waals surface area contributed by atoms with Crippen LogP contribution in [0.3, 0.4) is 0 Å². The fraction of sp³-hybridized carbons (Fsp3) is 0.143. The van der Waals surface area contributed by atoms with Gasteiger partial charge < -0.3 is 4.57 Å². The summed E-state index contributed by atoms with van der Waals surface area (Å²) in [4.78, 5) is 0. The molecular weight excluding hydrogens is 210 g/mol. The first kappa shape index (κ1) is 10.0. The molecular formula is C14H13N3. The summed E-state index contributed by atoms with van der Waals surface area (Å²) in [6.07, 6.45) is 1.77. The molecule has 0 saturated carbocycles. The number of fused-ring (bicyclic) bond motifs is 1. The molecule has 0 bridgehead atoms. The molecule has 0 unspecified atom stereocenters. The smallest absolute Gasteiger partial charge is 0.163 e. The number of benzene rings is 2. The zero-order valence-electron chi connectivity index (χ0n) is 9.67. The maximum Gasteiger partial charge on any atom is 0.163 e. The number of hydrogen-bond donors (Lipinski definition) is 0. The lowest BCUT2D eigenvalue weighted by molar-refractivity contribution is 0.767. The van der Waals surface area contributed by atoms with E-state index in [4.69, 9.17) is 0 Å². The molecule has 0 radical (unpaired) electrons. The SMILES string of the molecule is CCn1cnnc1-c1ccc2ccccc2c1. The van der Waals surface area contributed by atoms with Gasteiger partial charge in [-0.2, -0.15) is 0 Å². The number of aryl methyl sites for hydroxylation is 1. The van der Waals surface area contributed by atoms with Gasteiger partial charge in [-0.15, -0.1) is 10.2 Å². The second kappa shape index (κ2) is 4.01. The monoisotopic (exact) mass is 223 g/mol. The molecule has 3 rings (SSSR count). The number of nitrogens with zero attached hydrogens (tertiary/aromatic N) is 3. The van der Waals surface area contributed by atoms with Crippen molar-refractivity contribution in [2.24, 2.45) is 0 Å². The highest BCUT2D eigenvalue weighted by Gasteiger charge is 2.06. The average molecular weight is 223 g/mol. The Hall–Kier alpha value is -2.16. The Morgan fingerprint density at radius 1 is 1.06 bits per heavy atom. The molecule has 0 aliphatic heterocycles. The van der Waals surface area contributed by atoms with Crippen LogP contribution in [0.5, 0.6) is 0 Å². The highest BCUT2D eigenvalue weighted by Crippen LogP contribution is 2.22. The van der Waals surface area contributed by atoms with Crippen molar-refractivity contribution in [3.63, 3.8) is 0 Å². The van der Waals surface area contributed by atoms with Gasteiger partial charge in [-0.05, 0) is 23.8 Å². The van der Waals surface area contributed by atoms with Crippen LogP contribution in [0.25, 0.3) is 22.2 Å². The first-order valence-electron chi connectivity index (χ1n) is 5.75. The maximum atomic E-state index is 4.18. The summed E-state index contributed by atoms with van der Waals surface area (Å²) in [5, 5.41) is 10.6. The van der Waals surface area contributed by atoms with E-state index < -0.39 is 0 Å². The summed E-state index contributed by atoms with van der Waals surface area (Å²) in [6.45, 7) is 2.98. The van der Waals surface area contributed by atoms with E-state index in [9.17, 15) is 0 Å². The Bertz CT molecular complexity index is 655. The minimum Gasteiger partial charge on any atom is -0.314 e. The minimum atomic E-state index is 0.884. The van der Waals surface area contributed by atoms with Crippen LogP contribution in [-0.4, -0.2) is 14.8 Å². The molecule has 17 heavy (non-hydrogen) atoms. The van der Waals surface area contributed by atoms with Crippen LogP contribution in [-0.2, 0) is 6.54 Å². The van der Waals surface area contributed by atoms with E-state index in [0.717, 1.165) is 17.9 Å². The van der Waals surface area contributed by atoms with E-state index in [2.05, 4.69) is 59.6 Å². The molecule has 1 heterocycles. The largest absolute Gasteiger partial charge is 0.314 e. The molecule has 0 fully saturated rings. The second-order valence-corrected chi connectivity index (χ2v) is 4.00. The number of hydrogen-bond acceptors (Lipinski definition) is 2. The first-order chi connectivity index (χ1) is 8.38. The predicted octanol–water partition coefficient (Wildman–Crippen LogP) is 3.12. The van der Waals surface area contributed by atoms with Gasteiger partial charge in [0.05, 0.1) is 0 Å². The summed E-state index contributed by atoms with van der Waals surface area (Å²) in [6, 6.07) is 14.7. The Labute approximate surface area is 99.7 Å². The Balaban J connectivity index is 2.18. The summed E-state index contributed by atoms with van der Waals surface area (Å²) in [5.74, 6) is 0.929. The van der Waals surface area contributed by atoms with Gasteiger partial charge >= 0.3 is 0 Å². The lowest BCUT2D eigenvalue weighted by Crippen LogP contribution is -1.95. The quantitative estimate of drug-likeness (QED) is 0.668. The lowest BCUT2D eigenvalue weighted by Gasteiger charge is -2.04. The number of rotatable bonds is 2. The molecule has 0 N–H and O–H groups in total. The summed E-state index contributed by atoms with van der Waals surface area (Å²) >= 11 is 0. The molecule has 0 amide bonds. The van der Waals surface area contributed by atoms with Gasteiger partial charge in [-0.1, -0.05) is 36.4 Å². The van der Waals surface area contributed by atoms with Crippen molar-refractivity contribution in [3.05, 3.63) is 48.8 Å². The summed E-state index contributed by atoms with van der Waals surface area (Å²) in [7, 11) is 0. The fourth-order valence-electron chi connectivity index (χ4n) is 2.04. The summed E-state index contributed by atoms with van der Waals surface area (Å²) in [5.41, 5.74) is 1.11. The molecule has 1 aromatic heterocycles. The van der Waals surface area contributed by atoms with Gasteiger partial charge in [0.15, 0.2) is 5.82 Å². The highest BCUT2D eigenvalue weighted by molar-refractivity contribution is 5.86. The Kier molecular flexibility index (Phi) is 2.37. The van der Waals surface area contributed by atoms with Crippen molar-refractivity contribution in [2.45, 2.75) is 13.5 Å². The molecule has 0 saturated heterocycles. The maximum absolute atomic E-state index is 4.18. The normalized spacial score (nSPS) is 10.9. The highest BCUT2D eigenvalue weighted by atomic mass is 15.3. The zero-order valence-corrected chi connectivity index (χ0v) is 9.67. The van der Waals surface area contributed by atoms with Gasteiger partial charge in [-0.25, -0.2) is 0 Å². The predicted molar refractivity (Wildman–Crippen MR) is 68.6 cm³/mol. The van der Waals surface area contributed by atoms with Crippen molar-refractivity contribution in [2.75, 3.05) is 0 Å². The third-order valence-electron chi connectivity index (χ3n) is 2.96. The molecule has 2 aromatic carbocycles. The molecule has 0 aliphatic carbocycles. The van der Waals surface area contributed by atoms with Crippen molar-refractivity contribution in [1.82, 2.24) is 14.8 Å². The second-order valence-electron chi connectivity index (χ2n) is 4.00. The molecule has 0 aliphatic rings. The standard InChI is InChI=1S/C14H13N3/c1-2-17-10-15-16-14(17)13-8-7-11-5-3-4-6-12(11)9-13/h3-10H,2H2,1H3. The van der Waals surface area contributed by atoms with E-state index in [-0.39, 0.29) is 0 Å². The van der Waals surface area contributed by atoms with Gasteiger partial charge in [0.25, 0.3) is 0 Å². The Morgan fingerprint density at radius 3 is 2.71 bits per heavy atom. The van der Waals surface area contributed by atoms with Crippen LogP contribution in [0.4, 0.5) is 0 Å². The van der Waals surface area contributed by atoms with Gasteiger partial charge in [0.2, 0.25) is 0 Å². The van der Waals surface area contributed by atoms with Crippen molar-refractivity contribution in [1.29, 1.82) is 0 Å². The molecule has 0 spiro atoms. The van der Waals surface area contributed by atoms with Crippen LogP contribution in [0.15, 0.2) is 48.8 Å². The van der Waals surface area contributed by atoms with Gasteiger partial charge in [0.1, 0.15) is 6.33 Å². The van der Waals surface area contributed by atoms with E-state index in [1.807, 2.05) is 4.57 Å². The van der Waals surface area contributed by atoms with Crippen molar-refractivity contribution < 1.29 is 0 Å². The first-order valence-corrected chi connectivity index (χ1v) is 5.75. The molecule has 3 aromatic rings. The van der Waals surface area contributed by atoms with Gasteiger partial charge in [-0.3, -0.25) is 0 Å². The van der Waals surface area contributed by atoms with Crippen LogP contribution in [0.1, 0.15) is 6.92 Å². The van der Waals surface area contributed by atoms with Crippen LogP contribution >= 0.6 is 0 Å². The van der Waals surface area contributed by atoms with E-state index in [1.54, 1.807) is 6.33 Å². The lowest BCUT2D eigenvalue weighted by atomic mass is 10.1.